The van der Waals surface area contributed by atoms with Gasteiger partial charge in [0.25, 0.3) is 0 Å². The topological polar surface area (TPSA) is 29.5 Å². The largest absolute Gasteiger partial charge is 0.496 e. The first-order valence-corrected chi connectivity index (χ1v) is 6.24. The first-order chi connectivity index (χ1) is 8.62. The number of rotatable bonds is 5. The number of ether oxygens (including phenoxy) is 1. The van der Waals surface area contributed by atoms with Crippen LogP contribution in [-0.2, 0) is 4.79 Å². The molecule has 0 radical (unpaired) electrons. The molecule has 0 N–H and O–H groups in total. The molecule has 3 nitrogen and oxygen atoms in total. The van der Waals surface area contributed by atoms with Crippen LogP contribution in [-0.4, -0.2) is 31.0 Å². The summed E-state index contributed by atoms with van der Waals surface area (Å²) in [7, 11) is 1.63. The van der Waals surface area contributed by atoms with Crippen LogP contribution in [0.4, 0.5) is 0 Å². The van der Waals surface area contributed by atoms with E-state index < -0.39 is 0 Å². The summed E-state index contributed by atoms with van der Waals surface area (Å²) in [5.74, 6) is 0.813. The van der Waals surface area contributed by atoms with Gasteiger partial charge in [0, 0.05) is 24.7 Å². The van der Waals surface area contributed by atoms with Crippen LogP contribution < -0.4 is 4.74 Å². The first-order valence-electron chi connectivity index (χ1n) is 6.24. The van der Waals surface area contributed by atoms with Crippen LogP contribution in [0.3, 0.4) is 0 Å². The predicted octanol–water partition coefficient (Wildman–Crippen LogP) is 2.89. The van der Waals surface area contributed by atoms with Crippen LogP contribution in [0.25, 0.3) is 6.08 Å². The Kier molecular flexibility index (Phi) is 5.43. The van der Waals surface area contributed by atoms with Crippen LogP contribution >= 0.6 is 0 Å². The Morgan fingerprint density at radius 3 is 2.56 bits per heavy atom. The number of hydrogen-bond donors (Lipinski definition) is 0. The van der Waals surface area contributed by atoms with E-state index in [0.717, 1.165) is 30.0 Å². The highest BCUT2D eigenvalue weighted by Crippen LogP contribution is 2.21. The molecular weight excluding hydrogens is 226 g/mol. The van der Waals surface area contributed by atoms with E-state index in [1.54, 1.807) is 18.1 Å². The maximum atomic E-state index is 11.9. The Balaban J connectivity index is 2.89. The molecular formula is C15H21NO2. The number of carbonyl (C=O) groups excluding carboxylic acids is 1. The van der Waals surface area contributed by atoms with E-state index in [2.05, 4.69) is 0 Å². The summed E-state index contributed by atoms with van der Waals surface area (Å²) in [4.78, 5) is 13.6. The van der Waals surface area contributed by atoms with Gasteiger partial charge < -0.3 is 9.64 Å². The molecule has 0 heterocycles. The fourth-order valence-corrected chi connectivity index (χ4v) is 1.79. The zero-order valence-electron chi connectivity index (χ0n) is 11.6. The Bertz CT molecular complexity index is 434. The van der Waals surface area contributed by atoms with Crippen molar-refractivity contribution in [1.82, 2.24) is 4.90 Å². The van der Waals surface area contributed by atoms with Gasteiger partial charge in [-0.3, -0.25) is 4.79 Å². The maximum Gasteiger partial charge on any atom is 0.246 e. The second kappa shape index (κ2) is 6.84. The van der Waals surface area contributed by atoms with Gasteiger partial charge in [0.05, 0.1) is 7.11 Å². The molecule has 1 amide bonds. The van der Waals surface area contributed by atoms with Crippen molar-refractivity contribution in [2.45, 2.75) is 20.8 Å². The molecule has 98 valence electrons. The number of benzene rings is 1. The molecule has 1 aromatic rings. The maximum absolute atomic E-state index is 11.9. The van der Waals surface area contributed by atoms with Gasteiger partial charge in [-0.05, 0) is 39.0 Å². The average Bonchev–Trinajstić information content (AvgIpc) is 2.38. The molecule has 0 fully saturated rings. The first kappa shape index (κ1) is 14.3. The summed E-state index contributed by atoms with van der Waals surface area (Å²) >= 11 is 0. The smallest absolute Gasteiger partial charge is 0.246 e. The van der Waals surface area contributed by atoms with Gasteiger partial charge in [0.15, 0.2) is 0 Å². The monoisotopic (exact) mass is 247 g/mol. The summed E-state index contributed by atoms with van der Waals surface area (Å²) in [5.41, 5.74) is 2.07. The van der Waals surface area contributed by atoms with E-state index >= 15 is 0 Å². The third-order valence-electron chi connectivity index (χ3n) is 2.87. The number of nitrogens with zero attached hydrogens (tertiary/aromatic N) is 1. The molecule has 3 heteroatoms. The molecule has 0 saturated carbocycles. The zero-order chi connectivity index (χ0) is 13.5. The standard InChI is InChI=1S/C15H21NO2/c1-5-16(6-2)15(17)10-8-13-11-12(3)7-9-14(13)18-4/h7-11H,5-6H2,1-4H3. The van der Waals surface area contributed by atoms with E-state index in [0.29, 0.717) is 0 Å². The van der Waals surface area contributed by atoms with E-state index in [4.69, 9.17) is 4.74 Å². The van der Waals surface area contributed by atoms with Crippen molar-refractivity contribution in [3.8, 4) is 5.75 Å². The van der Waals surface area contributed by atoms with Gasteiger partial charge in [-0.2, -0.15) is 0 Å². The number of hydrogen-bond acceptors (Lipinski definition) is 2. The lowest BCUT2D eigenvalue weighted by atomic mass is 10.1. The number of methoxy groups -OCH3 is 1. The Morgan fingerprint density at radius 2 is 2.00 bits per heavy atom. The van der Waals surface area contributed by atoms with Crippen molar-refractivity contribution in [3.63, 3.8) is 0 Å². The minimum atomic E-state index is 0.0311. The van der Waals surface area contributed by atoms with E-state index in [9.17, 15) is 4.79 Å². The molecule has 1 aromatic carbocycles. The third-order valence-corrected chi connectivity index (χ3v) is 2.87. The summed E-state index contributed by atoms with van der Waals surface area (Å²) in [6.07, 6.45) is 3.41. The minimum absolute atomic E-state index is 0.0311. The van der Waals surface area contributed by atoms with Gasteiger partial charge in [-0.25, -0.2) is 0 Å². The lowest BCUT2D eigenvalue weighted by Gasteiger charge is -2.16. The number of amides is 1. The SMILES string of the molecule is CCN(CC)C(=O)C=Cc1cc(C)ccc1OC. The number of aryl methyl sites for hydroxylation is 1. The highest BCUT2D eigenvalue weighted by molar-refractivity contribution is 5.92. The molecule has 0 aromatic heterocycles. The van der Waals surface area contributed by atoms with Gasteiger partial charge in [-0.1, -0.05) is 11.6 Å². The fraction of sp³-hybridized carbons (Fsp3) is 0.400. The quantitative estimate of drug-likeness (QED) is 0.749. The Labute approximate surface area is 109 Å². The highest BCUT2D eigenvalue weighted by atomic mass is 16.5. The van der Waals surface area contributed by atoms with Gasteiger partial charge in [-0.15, -0.1) is 0 Å². The van der Waals surface area contributed by atoms with Crippen molar-refractivity contribution in [2.24, 2.45) is 0 Å². The molecule has 0 aliphatic rings. The van der Waals surface area contributed by atoms with Crippen LogP contribution in [0.1, 0.15) is 25.0 Å². The van der Waals surface area contributed by atoms with Crippen molar-refractivity contribution in [1.29, 1.82) is 0 Å². The highest BCUT2D eigenvalue weighted by Gasteiger charge is 2.05. The Morgan fingerprint density at radius 1 is 1.33 bits per heavy atom. The second-order valence-electron chi connectivity index (χ2n) is 4.09. The van der Waals surface area contributed by atoms with Crippen molar-refractivity contribution >= 4 is 12.0 Å². The Hall–Kier alpha value is -1.77. The van der Waals surface area contributed by atoms with Crippen LogP contribution in [0.5, 0.6) is 5.75 Å². The molecule has 0 bridgehead atoms. The second-order valence-corrected chi connectivity index (χ2v) is 4.09. The molecule has 18 heavy (non-hydrogen) atoms. The van der Waals surface area contributed by atoms with Gasteiger partial charge in [0.1, 0.15) is 5.75 Å². The summed E-state index contributed by atoms with van der Waals surface area (Å²) < 4.78 is 5.27. The van der Waals surface area contributed by atoms with E-state index in [1.807, 2.05) is 45.0 Å². The fourth-order valence-electron chi connectivity index (χ4n) is 1.79. The zero-order valence-corrected chi connectivity index (χ0v) is 11.6. The lowest BCUT2D eigenvalue weighted by molar-refractivity contribution is -0.125. The summed E-state index contributed by atoms with van der Waals surface area (Å²) in [6.45, 7) is 7.42. The predicted molar refractivity (Wildman–Crippen MR) is 74.7 cm³/mol. The third kappa shape index (κ3) is 3.62. The molecule has 0 unspecified atom stereocenters. The van der Waals surface area contributed by atoms with Crippen LogP contribution in [0.15, 0.2) is 24.3 Å². The molecule has 0 aliphatic carbocycles. The normalized spacial score (nSPS) is 10.7. The molecule has 0 spiro atoms. The summed E-state index contributed by atoms with van der Waals surface area (Å²) in [6, 6.07) is 5.91. The van der Waals surface area contributed by atoms with Crippen LogP contribution in [0.2, 0.25) is 0 Å². The van der Waals surface area contributed by atoms with Crippen molar-refractivity contribution < 1.29 is 9.53 Å². The van der Waals surface area contributed by atoms with Crippen molar-refractivity contribution in [2.75, 3.05) is 20.2 Å². The molecule has 0 aliphatic heterocycles. The van der Waals surface area contributed by atoms with Gasteiger partial charge >= 0.3 is 0 Å². The van der Waals surface area contributed by atoms with Gasteiger partial charge in [0.2, 0.25) is 5.91 Å². The number of carbonyl (C=O) groups is 1. The molecule has 0 atom stereocenters. The average molecular weight is 247 g/mol. The lowest BCUT2D eigenvalue weighted by Crippen LogP contribution is -2.28. The molecule has 0 saturated heterocycles. The van der Waals surface area contributed by atoms with Crippen LogP contribution in [0, 0.1) is 6.92 Å². The van der Waals surface area contributed by atoms with E-state index in [-0.39, 0.29) is 5.91 Å². The number of likely N-dealkylation sites (N-methyl/N-ethyl adjacent to an activating group) is 1. The molecule has 1 rings (SSSR count). The summed E-state index contributed by atoms with van der Waals surface area (Å²) in [5, 5.41) is 0. The minimum Gasteiger partial charge on any atom is -0.496 e. The van der Waals surface area contributed by atoms with E-state index in [1.165, 1.54) is 0 Å². The van der Waals surface area contributed by atoms with Crippen molar-refractivity contribution in [3.05, 3.63) is 35.4 Å².